The van der Waals surface area contributed by atoms with Crippen LogP contribution in [0.2, 0.25) is 0 Å². The molecule has 0 saturated heterocycles. The van der Waals surface area contributed by atoms with Gasteiger partial charge in [-0.3, -0.25) is 0 Å². The van der Waals surface area contributed by atoms with Crippen molar-refractivity contribution in [3.8, 4) is 12.3 Å². The molecule has 1 aromatic carbocycles. The summed E-state index contributed by atoms with van der Waals surface area (Å²) in [5.74, 6) is 3.45. The molecule has 0 nitrogen and oxygen atoms in total. The Bertz CT molecular complexity index is 330. The standard InChI is InChI=1S/C13H14/c1-2-3-6-11-9-10-12-7-4-5-8-13(11)12/h1,4-5,7-8,11H,3,6,9-10H2. The Morgan fingerprint density at radius 3 is 3.08 bits per heavy atom. The second-order valence-corrected chi connectivity index (χ2v) is 3.68. The summed E-state index contributed by atoms with van der Waals surface area (Å²) >= 11 is 0. The van der Waals surface area contributed by atoms with E-state index in [4.69, 9.17) is 6.42 Å². The van der Waals surface area contributed by atoms with Gasteiger partial charge >= 0.3 is 0 Å². The third-order valence-corrected chi connectivity index (χ3v) is 2.89. The second-order valence-electron chi connectivity index (χ2n) is 3.68. The number of fused-ring (bicyclic) bond motifs is 1. The van der Waals surface area contributed by atoms with E-state index in [2.05, 4.69) is 30.2 Å². The first-order valence-corrected chi connectivity index (χ1v) is 4.93. The molecule has 0 N–H and O–H groups in total. The zero-order valence-corrected chi connectivity index (χ0v) is 7.79. The molecule has 13 heavy (non-hydrogen) atoms. The van der Waals surface area contributed by atoms with Gasteiger partial charge < -0.3 is 0 Å². The predicted octanol–water partition coefficient (Wildman–Crippen LogP) is 3.13. The monoisotopic (exact) mass is 170 g/mol. The van der Waals surface area contributed by atoms with E-state index in [1.807, 2.05) is 0 Å². The number of hydrogen-bond acceptors (Lipinski definition) is 0. The van der Waals surface area contributed by atoms with E-state index in [1.165, 1.54) is 24.0 Å². The molecule has 0 bridgehead atoms. The van der Waals surface area contributed by atoms with Gasteiger partial charge in [-0.25, -0.2) is 0 Å². The molecule has 0 radical (unpaired) electrons. The number of hydrogen-bond donors (Lipinski definition) is 0. The Morgan fingerprint density at radius 1 is 1.38 bits per heavy atom. The highest BCUT2D eigenvalue weighted by molar-refractivity contribution is 5.34. The molecule has 0 aliphatic heterocycles. The van der Waals surface area contributed by atoms with Crippen LogP contribution < -0.4 is 0 Å². The third kappa shape index (κ3) is 1.60. The van der Waals surface area contributed by atoms with Crippen molar-refractivity contribution >= 4 is 0 Å². The highest BCUT2D eigenvalue weighted by Crippen LogP contribution is 2.35. The molecular weight excluding hydrogens is 156 g/mol. The quantitative estimate of drug-likeness (QED) is 0.598. The van der Waals surface area contributed by atoms with Crippen molar-refractivity contribution in [1.29, 1.82) is 0 Å². The van der Waals surface area contributed by atoms with Crippen LogP contribution in [0.5, 0.6) is 0 Å². The van der Waals surface area contributed by atoms with E-state index in [0.29, 0.717) is 0 Å². The SMILES string of the molecule is C#CCCC1CCc2ccccc21. The molecule has 0 heteroatoms. The first-order chi connectivity index (χ1) is 6.42. The minimum absolute atomic E-state index is 0.729. The van der Waals surface area contributed by atoms with Gasteiger partial charge in [-0.2, -0.15) is 0 Å². The van der Waals surface area contributed by atoms with Gasteiger partial charge in [0.15, 0.2) is 0 Å². The molecule has 2 rings (SSSR count). The van der Waals surface area contributed by atoms with Gasteiger partial charge in [0.25, 0.3) is 0 Å². The summed E-state index contributed by atoms with van der Waals surface area (Å²) in [7, 11) is 0. The Morgan fingerprint density at radius 2 is 2.23 bits per heavy atom. The number of aryl methyl sites for hydroxylation is 1. The maximum absolute atomic E-state index is 5.28. The highest BCUT2D eigenvalue weighted by atomic mass is 14.2. The smallest absolute Gasteiger partial charge is 0.00918 e. The summed E-state index contributed by atoms with van der Waals surface area (Å²) in [5, 5.41) is 0. The summed E-state index contributed by atoms with van der Waals surface area (Å²) in [6.45, 7) is 0. The molecule has 0 saturated carbocycles. The van der Waals surface area contributed by atoms with Crippen molar-refractivity contribution in [1.82, 2.24) is 0 Å². The van der Waals surface area contributed by atoms with Crippen LogP contribution in [0.25, 0.3) is 0 Å². The summed E-state index contributed by atoms with van der Waals surface area (Å²) in [6.07, 6.45) is 9.89. The van der Waals surface area contributed by atoms with Crippen molar-refractivity contribution in [3.63, 3.8) is 0 Å². The molecule has 0 spiro atoms. The molecule has 0 fully saturated rings. The molecule has 0 amide bonds. The van der Waals surface area contributed by atoms with Crippen molar-refractivity contribution in [2.75, 3.05) is 0 Å². The third-order valence-electron chi connectivity index (χ3n) is 2.89. The van der Waals surface area contributed by atoms with E-state index in [-0.39, 0.29) is 0 Å². The Balaban J connectivity index is 2.15. The molecule has 1 aliphatic rings. The lowest BCUT2D eigenvalue weighted by Gasteiger charge is -2.08. The zero-order valence-electron chi connectivity index (χ0n) is 7.79. The van der Waals surface area contributed by atoms with Crippen LogP contribution in [0.15, 0.2) is 24.3 Å². The normalized spacial score (nSPS) is 19.5. The molecule has 0 aromatic heterocycles. The Labute approximate surface area is 80.0 Å². The topological polar surface area (TPSA) is 0 Å². The van der Waals surface area contributed by atoms with Crippen molar-refractivity contribution in [2.24, 2.45) is 0 Å². The van der Waals surface area contributed by atoms with E-state index >= 15 is 0 Å². The number of benzene rings is 1. The molecule has 1 aliphatic carbocycles. The molecule has 1 unspecified atom stereocenters. The maximum Gasteiger partial charge on any atom is 0.00918 e. The van der Waals surface area contributed by atoms with Gasteiger partial charge in [0, 0.05) is 6.42 Å². The van der Waals surface area contributed by atoms with Gasteiger partial charge in [0.1, 0.15) is 0 Å². The lowest BCUT2D eigenvalue weighted by atomic mass is 9.96. The van der Waals surface area contributed by atoms with Gasteiger partial charge in [-0.1, -0.05) is 24.3 Å². The van der Waals surface area contributed by atoms with Crippen molar-refractivity contribution < 1.29 is 0 Å². The van der Waals surface area contributed by atoms with Gasteiger partial charge in [0.05, 0.1) is 0 Å². The lowest BCUT2D eigenvalue weighted by Crippen LogP contribution is -1.91. The molecular formula is C13H14. The minimum atomic E-state index is 0.729. The Kier molecular flexibility index (Phi) is 2.36. The fourth-order valence-electron chi connectivity index (χ4n) is 2.20. The molecule has 66 valence electrons. The zero-order chi connectivity index (χ0) is 9.10. The fraction of sp³-hybridized carbons (Fsp3) is 0.385. The number of rotatable bonds is 2. The van der Waals surface area contributed by atoms with Gasteiger partial charge in [-0.15, -0.1) is 12.3 Å². The van der Waals surface area contributed by atoms with Crippen LogP contribution in [0.1, 0.15) is 36.3 Å². The summed E-state index contributed by atoms with van der Waals surface area (Å²) in [6, 6.07) is 8.75. The predicted molar refractivity (Wildman–Crippen MR) is 55.6 cm³/mol. The summed E-state index contributed by atoms with van der Waals surface area (Å²) in [4.78, 5) is 0. The van der Waals surface area contributed by atoms with Crippen molar-refractivity contribution in [3.05, 3.63) is 35.4 Å². The van der Waals surface area contributed by atoms with E-state index in [1.54, 1.807) is 0 Å². The summed E-state index contributed by atoms with van der Waals surface area (Å²) in [5.41, 5.74) is 3.07. The van der Waals surface area contributed by atoms with Crippen LogP contribution in [0, 0.1) is 12.3 Å². The molecule has 1 atom stereocenters. The first kappa shape index (κ1) is 8.38. The largest absolute Gasteiger partial charge is 0.120 e. The van der Waals surface area contributed by atoms with E-state index < -0.39 is 0 Å². The molecule has 1 aromatic rings. The van der Waals surface area contributed by atoms with Crippen LogP contribution in [-0.2, 0) is 6.42 Å². The fourth-order valence-corrected chi connectivity index (χ4v) is 2.20. The van der Waals surface area contributed by atoms with E-state index in [9.17, 15) is 0 Å². The average Bonchev–Trinajstić information content (AvgIpc) is 2.58. The second kappa shape index (κ2) is 3.66. The Hall–Kier alpha value is -1.22. The average molecular weight is 170 g/mol. The minimum Gasteiger partial charge on any atom is -0.120 e. The van der Waals surface area contributed by atoms with Crippen LogP contribution >= 0.6 is 0 Å². The van der Waals surface area contributed by atoms with Crippen LogP contribution in [0.3, 0.4) is 0 Å². The summed E-state index contributed by atoms with van der Waals surface area (Å²) < 4.78 is 0. The van der Waals surface area contributed by atoms with Gasteiger partial charge in [-0.05, 0) is 36.3 Å². The first-order valence-electron chi connectivity index (χ1n) is 4.93. The highest BCUT2D eigenvalue weighted by Gasteiger charge is 2.20. The van der Waals surface area contributed by atoms with Crippen molar-refractivity contribution in [2.45, 2.75) is 31.6 Å². The molecule has 0 heterocycles. The lowest BCUT2D eigenvalue weighted by molar-refractivity contribution is 0.632. The van der Waals surface area contributed by atoms with Crippen LogP contribution in [-0.4, -0.2) is 0 Å². The maximum atomic E-state index is 5.28. The van der Waals surface area contributed by atoms with E-state index in [0.717, 1.165) is 18.8 Å². The number of terminal acetylenes is 1. The van der Waals surface area contributed by atoms with Gasteiger partial charge in [0.2, 0.25) is 0 Å². The van der Waals surface area contributed by atoms with Crippen LogP contribution in [0.4, 0.5) is 0 Å².